The van der Waals surface area contributed by atoms with E-state index in [9.17, 15) is 19.2 Å². The Morgan fingerprint density at radius 2 is 1.81 bits per heavy atom. The van der Waals surface area contributed by atoms with Crippen LogP contribution in [0.5, 0.6) is 0 Å². The number of carboxylic acids is 2. The van der Waals surface area contributed by atoms with E-state index in [1.54, 1.807) is 0 Å². The Balaban J connectivity index is 4.46. The number of nitrogens with two attached hydrogens (primary N) is 1. The highest BCUT2D eigenvalue weighted by molar-refractivity contribution is 7.99. The number of amides is 2. The first-order valence-corrected chi connectivity index (χ1v) is 9.78. The summed E-state index contributed by atoms with van der Waals surface area (Å²) in [6, 6.07) is -2.02. The number of aliphatic carboxylic acids is 2. The van der Waals surface area contributed by atoms with Crippen molar-refractivity contribution < 1.29 is 29.4 Å². The summed E-state index contributed by atoms with van der Waals surface area (Å²) in [7, 11) is 0. The molecular weight excluding hydrogens is 362 g/mol. The number of unbranched alkanes of at least 4 members (excludes halogenated alkanes) is 3. The van der Waals surface area contributed by atoms with Gasteiger partial charge in [0.1, 0.15) is 18.6 Å². The van der Waals surface area contributed by atoms with Gasteiger partial charge >= 0.3 is 11.9 Å². The minimum absolute atomic E-state index is 0.0468. The second-order valence-corrected chi connectivity index (χ2v) is 7.00. The van der Waals surface area contributed by atoms with Gasteiger partial charge in [0.25, 0.3) is 0 Å². The second kappa shape index (κ2) is 14.4. The van der Waals surface area contributed by atoms with E-state index in [0.29, 0.717) is 5.75 Å². The fraction of sp³-hybridized carbons (Fsp3) is 0.750. The van der Waals surface area contributed by atoms with Gasteiger partial charge in [-0.3, -0.25) is 19.2 Å². The molecule has 0 saturated heterocycles. The van der Waals surface area contributed by atoms with Crippen molar-refractivity contribution in [1.82, 2.24) is 10.6 Å². The average molecular weight is 391 g/mol. The van der Waals surface area contributed by atoms with Crippen molar-refractivity contribution in [2.75, 3.05) is 18.1 Å². The van der Waals surface area contributed by atoms with Crippen LogP contribution in [0.15, 0.2) is 0 Å². The molecule has 0 fully saturated rings. The standard InChI is InChI=1S/C16H29N3O6S/c1-2-3-4-5-8-26-10-12(15(23)18-9-14(21)22)19-13(20)7-6-11(17)16(24)25/h11-12H,2-10,17H2,1H3,(H,18,23)(H,19,20)(H,21,22)(H,24,25)/t11-,12+/m1/s1. The Bertz CT molecular complexity index is 475. The van der Waals surface area contributed by atoms with Gasteiger partial charge in [0.05, 0.1) is 0 Å². The van der Waals surface area contributed by atoms with Crippen molar-refractivity contribution in [2.24, 2.45) is 5.73 Å². The topological polar surface area (TPSA) is 159 Å². The van der Waals surface area contributed by atoms with Crippen LogP contribution in [-0.2, 0) is 19.2 Å². The van der Waals surface area contributed by atoms with Gasteiger partial charge in [-0.05, 0) is 18.6 Å². The van der Waals surface area contributed by atoms with Gasteiger partial charge in [-0.1, -0.05) is 26.2 Å². The van der Waals surface area contributed by atoms with E-state index < -0.39 is 42.4 Å². The quantitative estimate of drug-likeness (QED) is 0.247. The van der Waals surface area contributed by atoms with E-state index in [1.165, 1.54) is 11.8 Å². The Hall–Kier alpha value is -1.81. The molecule has 2 atom stereocenters. The summed E-state index contributed by atoms with van der Waals surface area (Å²) < 4.78 is 0. The molecule has 0 aromatic carbocycles. The fourth-order valence-corrected chi connectivity index (χ4v) is 3.02. The van der Waals surface area contributed by atoms with Gasteiger partial charge in [-0.15, -0.1) is 0 Å². The maximum absolute atomic E-state index is 12.1. The van der Waals surface area contributed by atoms with Crippen molar-refractivity contribution in [2.45, 2.75) is 57.5 Å². The zero-order chi connectivity index (χ0) is 19.9. The molecule has 0 aromatic rings. The molecule has 0 aromatic heterocycles. The van der Waals surface area contributed by atoms with E-state index in [2.05, 4.69) is 17.6 Å². The molecule has 0 bridgehead atoms. The minimum atomic E-state index is -1.20. The molecule has 0 saturated carbocycles. The zero-order valence-corrected chi connectivity index (χ0v) is 15.8. The highest BCUT2D eigenvalue weighted by Crippen LogP contribution is 2.10. The SMILES string of the molecule is CCCCCCSC[C@H](NC(=O)CC[C@@H](N)C(=O)O)C(=O)NCC(=O)O. The predicted octanol–water partition coefficient (Wildman–Crippen LogP) is 0.178. The molecule has 0 rings (SSSR count). The molecule has 0 aliphatic carbocycles. The van der Waals surface area contributed by atoms with Crippen LogP contribution in [0.3, 0.4) is 0 Å². The van der Waals surface area contributed by atoms with E-state index in [-0.39, 0.29) is 12.8 Å². The third-order valence-electron chi connectivity index (χ3n) is 3.49. The summed E-state index contributed by atoms with van der Waals surface area (Å²) >= 11 is 1.50. The molecule has 0 heterocycles. The van der Waals surface area contributed by atoms with Crippen molar-refractivity contribution in [3.05, 3.63) is 0 Å². The van der Waals surface area contributed by atoms with Gasteiger partial charge in [-0.25, -0.2) is 0 Å². The monoisotopic (exact) mass is 391 g/mol. The Kier molecular flexibility index (Phi) is 13.4. The normalized spacial score (nSPS) is 12.8. The first-order chi connectivity index (χ1) is 12.3. The van der Waals surface area contributed by atoms with E-state index in [4.69, 9.17) is 15.9 Å². The van der Waals surface area contributed by atoms with Crippen LogP contribution in [0, 0.1) is 0 Å². The summed E-state index contributed by atoms with van der Waals surface area (Å²) in [5.41, 5.74) is 5.35. The van der Waals surface area contributed by atoms with Crippen LogP contribution in [-0.4, -0.2) is 64.1 Å². The second-order valence-electron chi connectivity index (χ2n) is 5.85. The Labute approximate surface area is 157 Å². The van der Waals surface area contributed by atoms with Crippen molar-refractivity contribution in [3.8, 4) is 0 Å². The molecule has 0 radical (unpaired) electrons. The van der Waals surface area contributed by atoms with Crippen LogP contribution >= 0.6 is 11.8 Å². The molecule has 10 heteroatoms. The number of hydrogen-bond donors (Lipinski definition) is 5. The lowest BCUT2D eigenvalue weighted by atomic mass is 10.1. The fourth-order valence-electron chi connectivity index (χ4n) is 1.98. The summed E-state index contributed by atoms with van der Waals surface area (Å²) in [6.45, 7) is 1.58. The molecule has 0 unspecified atom stereocenters. The van der Waals surface area contributed by atoms with Gasteiger partial charge in [0.2, 0.25) is 11.8 Å². The molecular formula is C16H29N3O6S. The highest BCUT2D eigenvalue weighted by atomic mass is 32.2. The molecule has 150 valence electrons. The summed E-state index contributed by atoms with van der Waals surface area (Å²) in [5, 5.41) is 22.1. The Morgan fingerprint density at radius 1 is 1.12 bits per heavy atom. The summed E-state index contributed by atoms with van der Waals surface area (Å²) in [6.07, 6.45) is 4.19. The molecule has 6 N–H and O–H groups in total. The maximum atomic E-state index is 12.1. The number of carboxylic acid groups (broad SMARTS) is 2. The highest BCUT2D eigenvalue weighted by Gasteiger charge is 2.22. The number of nitrogens with one attached hydrogen (secondary N) is 2. The first kappa shape index (κ1) is 24.2. The molecule has 2 amide bonds. The van der Waals surface area contributed by atoms with Gasteiger partial charge in [0, 0.05) is 12.2 Å². The summed E-state index contributed by atoms with van der Waals surface area (Å²) in [5.74, 6) is -2.30. The molecule has 0 spiro atoms. The molecule has 0 aliphatic heterocycles. The third-order valence-corrected chi connectivity index (χ3v) is 4.64. The van der Waals surface area contributed by atoms with Crippen LogP contribution in [0.2, 0.25) is 0 Å². The van der Waals surface area contributed by atoms with Crippen molar-refractivity contribution in [1.29, 1.82) is 0 Å². The number of carbonyl (C=O) groups excluding carboxylic acids is 2. The van der Waals surface area contributed by atoms with Gasteiger partial charge in [0.15, 0.2) is 0 Å². The van der Waals surface area contributed by atoms with Crippen molar-refractivity contribution >= 4 is 35.5 Å². The zero-order valence-electron chi connectivity index (χ0n) is 15.0. The van der Waals surface area contributed by atoms with Gasteiger partial charge < -0.3 is 26.6 Å². The number of carbonyl (C=O) groups is 4. The first-order valence-electron chi connectivity index (χ1n) is 8.62. The lowest BCUT2D eigenvalue weighted by Crippen LogP contribution is -2.49. The average Bonchev–Trinajstić information content (AvgIpc) is 2.59. The van der Waals surface area contributed by atoms with Crippen LogP contribution in [0.4, 0.5) is 0 Å². The van der Waals surface area contributed by atoms with E-state index in [1.807, 2.05) is 0 Å². The lowest BCUT2D eigenvalue weighted by Gasteiger charge is -2.18. The van der Waals surface area contributed by atoms with Crippen LogP contribution < -0.4 is 16.4 Å². The van der Waals surface area contributed by atoms with E-state index >= 15 is 0 Å². The molecule has 26 heavy (non-hydrogen) atoms. The lowest BCUT2D eigenvalue weighted by molar-refractivity contribution is -0.139. The van der Waals surface area contributed by atoms with Gasteiger partial charge in [-0.2, -0.15) is 11.8 Å². The summed E-state index contributed by atoms with van der Waals surface area (Å²) in [4.78, 5) is 45.2. The number of hydrogen-bond acceptors (Lipinski definition) is 6. The maximum Gasteiger partial charge on any atom is 0.322 e. The Morgan fingerprint density at radius 3 is 2.38 bits per heavy atom. The predicted molar refractivity (Wildman–Crippen MR) is 98.9 cm³/mol. The largest absolute Gasteiger partial charge is 0.480 e. The minimum Gasteiger partial charge on any atom is -0.480 e. The number of rotatable bonds is 15. The third kappa shape index (κ3) is 12.5. The van der Waals surface area contributed by atoms with Crippen LogP contribution in [0.1, 0.15) is 45.4 Å². The van der Waals surface area contributed by atoms with Crippen molar-refractivity contribution in [3.63, 3.8) is 0 Å². The molecule has 0 aliphatic rings. The van der Waals surface area contributed by atoms with Crippen LogP contribution in [0.25, 0.3) is 0 Å². The van der Waals surface area contributed by atoms with E-state index in [0.717, 1.165) is 31.4 Å². The smallest absolute Gasteiger partial charge is 0.322 e. The molecule has 9 nitrogen and oxygen atoms in total. The number of thioether (sulfide) groups is 1.